The summed E-state index contributed by atoms with van der Waals surface area (Å²) in [5, 5.41) is 15.3. The van der Waals surface area contributed by atoms with Gasteiger partial charge in [-0.3, -0.25) is 4.55 Å². The lowest BCUT2D eigenvalue weighted by Crippen LogP contribution is -2.40. The molecule has 0 aromatic rings. The molecule has 0 fully saturated rings. The van der Waals surface area contributed by atoms with Crippen molar-refractivity contribution < 1.29 is 23.0 Å². The third-order valence-electron chi connectivity index (χ3n) is 0.486. The maximum atomic E-state index is 9.81. The minimum Gasteiger partial charge on any atom is -0.261 e. The molecule has 0 amide bonds. The van der Waals surface area contributed by atoms with E-state index < -0.39 is 24.9 Å². The molecule has 10 nitrogen and oxygen atoms in total. The minimum atomic E-state index is -5.43. The van der Waals surface area contributed by atoms with Crippen molar-refractivity contribution in [2.24, 2.45) is 0 Å². The van der Waals surface area contributed by atoms with Gasteiger partial charge in [0.05, 0.1) is 0 Å². The summed E-state index contributed by atoms with van der Waals surface area (Å²) in [7, 11) is -5.43. The van der Waals surface area contributed by atoms with E-state index in [1.54, 1.807) is 0 Å². The van der Waals surface area contributed by atoms with Crippen molar-refractivity contribution in [2.75, 3.05) is 0 Å². The van der Waals surface area contributed by atoms with Crippen LogP contribution in [0.2, 0.25) is 0 Å². The van der Waals surface area contributed by atoms with Gasteiger partial charge >= 0.3 is 14.8 Å². The monoisotopic (exact) mass is 187 g/mol. The Kier molecular flexibility index (Phi) is 2.27. The number of rotatable bonds is 3. The molecule has 0 heterocycles. The molecule has 0 aromatic heterocycles. The fourth-order valence-corrected chi connectivity index (χ4v) is 0.565. The van der Waals surface area contributed by atoms with Gasteiger partial charge in [-0.2, -0.15) is 8.42 Å². The van der Waals surface area contributed by atoms with Gasteiger partial charge in [-0.1, -0.05) is 0 Å². The molecule has 0 bridgehead atoms. The second kappa shape index (κ2) is 2.63. The van der Waals surface area contributed by atoms with E-state index in [9.17, 15) is 28.6 Å². The lowest BCUT2D eigenvalue weighted by Gasteiger charge is -1.96. The number of nitro groups is 2. The first-order valence-electron chi connectivity index (χ1n) is 1.83. The van der Waals surface area contributed by atoms with E-state index >= 15 is 0 Å². The Morgan fingerprint density at radius 1 is 1.18 bits per heavy atom. The molecule has 0 aliphatic carbocycles. The highest BCUT2D eigenvalue weighted by molar-refractivity contribution is 7.83. The number of hydrazine groups is 2. The van der Waals surface area contributed by atoms with E-state index in [-0.39, 0.29) is 0 Å². The Balaban J connectivity index is 4.94. The highest BCUT2D eigenvalue weighted by atomic mass is 32.2. The van der Waals surface area contributed by atoms with Crippen LogP contribution in [-0.4, -0.2) is 27.6 Å². The van der Waals surface area contributed by atoms with Gasteiger partial charge in [0, 0.05) is 0 Å². The van der Waals surface area contributed by atoms with Gasteiger partial charge in [-0.25, -0.2) is 20.2 Å². The molecule has 0 unspecified atom stereocenters. The summed E-state index contributed by atoms with van der Waals surface area (Å²) in [5.41, 5.74) is 0. The van der Waals surface area contributed by atoms with Gasteiger partial charge in [0.15, 0.2) is 0 Å². The summed E-state index contributed by atoms with van der Waals surface area (Å²) < 4.78 is 26.0. The van der Waals surface area contributed by atoms with Gasteiger partial charge in [-0.05, 0) is 0 Å². The molecule has 0 aliphatic heterocycles. The maximum Gasteiger partial charge on any atom is 0.475 e. The molecule has 11 heavy (non-hydrogen) atoms. The minimum absolute atomic E-state index is 1.51. The molecular weight excluding hydrogens is 186 g/mol. The summed E-state index contributed by atoms with van der Waals surface area (Å²) in [6.45, 7) is 0. The van der Waals surface area contributed by atoms with E-state index in [2.05, 4.69) is 0 Å². The van der Waals surface area contributed by atoms with Gasteiger partial charge < -0.3 is 0 Å². The van der Waals surface area contributed by atoms with Gasteiger partial charge in [0.25, 0.3) is 0 Å². The van der Waals surface area contributed by atoms with Crippen LogP contribution in [0.15, 0.2) is 0 Å². The molecule has 0 aromatic carbocycles. The first-order chi connectivity index (χ1) is 4.76. The molecule has 1 N–H and O–H groups in total. The second-order valence-corrected chi connectivity index (χ2v) is 2.40. The van der Waals surface area contributed by atoms with Gasteiger partial charge in [0.2, 0.25) is 10.1 Å². The predicted octanol–water partition coefficient (Wildman–Crippen LogP) is -1.53. The summed E-state index contributed by atoms with van der Waals surface area (Å²) in [5.74, 6) is 0. The Morgan fingerprint density at radius 2 is 1.45 bits per heavy atom. The van der Waals surface area contributed by atoms with Crippen molar-refractivity contribution in [3.63, 3.8) is 0 Å². The number of hydrogen-bond donors (Lipinski definition) is 1. The largest absolute Gasteiger partial charge is 0.475 e. The Bertz CT molecular complexity index is 260. The van der Waals surface area contributed by atoms with E-state index in [1.165, 1.54) is 0 Å². The van der Waals surface area contributed by atoms with Crippen molar-refractivity contribution in [3.8, 4) is 0 Å². The molecule has 64 valence electrons. The van der Waals surface area contributed by atoms with Crippen LogP contribution in [0.25, 0.3) is 0 Å². The van der Waals surface area contributed by atoms with Crippen LogP contribution in [0.5, 0.6) is 0 Å². The average Bonchev–Trinajstić information content (AvgIpc) is 1.54. The van der Waals surface area contributed by atoms with Gasteiger partial charge in [-0.15, -0.1) is 0 Å². The summed E-state index contributed by atoms with van der Waals surface area (Å²) >= 11 is 0. The zero-order valence-corrected chi connectivity index (χ0v) is 5.46. The normalized spacial score (nSPS) is 10.6. The fourth-order valence-electron chi connectivity index (χ4n) is 0.228. The maximum absolute atomic E-state index is 9.81. The predicted molar refractivity (Wildman–Crippen MR) is 27.4 cm³/mol. The first-order valence-corrected chi connectivity index (χ1v) is 3.23. The van der Waals surface area contributed by atoms with E-state index in [4.69, 9.17) is 4.55 Å². The van der Waals surface area contributed by atoms with E-state index in [1.807, 2.05) is 0 Å². The van der Waals surface area contributed by atoms with Crippen molar-refractivity contribution in [2.45, 2.75) is 0 Å². The molecule has 0 spiro atoms. The Morgan fingerprint density at radius 3 is 1.45 bits per heavy atom. The van der Waals surface area contributed by atoms with Crippen LogP contribution in [0.4, 0.5) is 0 Å². The lowest BCUT2D eigenvalue weighted by molar-refractivity contribution is -0.871. The SMILES string of the molecule is O=[N+]([O-])N([N+](=O)[O-])S(=O)(=O)O. The van der Waals surface area contributed by atoms with E-state index in [0.717, 1.165) is 0 Å². The Labute approximate surface area is 59.1 Å². The smallest absolute Gasteiger partial charge is 0.261 e. The quantitative estimate of drug-likeness (QED) is 0.320. The van der Waals surface area contributed by atoms with Crippen LogP contribution in [-0.2, 0) is 10.3 Å². The standard InChI is InChI=1S/HN3O7S/c4-2(5)1(3(6)7)11(8,9)10/h(H,8,9,10). The number of nitrogens with zero attached hydrogens (tertiary/aromatic N) is 3. The molecule has 0 saturated heterocycles. The van der Waals surface area contributed by atoms with Crippen molar-refractivity contribution in [1.82, 2.24) is 4.52 Å². The second-order valence-electron chi connectivity index (χ2n) is 1.18. The highest BCUT2D eigenvalue weighted by Gasteiger charge is 2.42. The van der Waals surface area contributed by atoms with Crippen molar-refractivity contribution in [3.05, 3.63) is 20.2 Å². The van der Waals surface area contributed by atoms with Crippen LogP contribution >= 0.6 is 0 Å². The summed E-state index contributed by atoms with van der Waals surface area (Å²) in [6, 6.07) is 0. The van der Waals surface area contributed by atoms with Crippen LogP contribution in [0.3, 0.4) is 0 Å². The molecule has 0 atom stereocenters. The van der Waals surface area contributed by atoms with Crippen LogP contribution in [0.1, 0.15) is 0 Å². The Hall–Kier alpha value is -1.49. The summed E-state index contributed by atoms with van der Waals surface area (Å²) in [4.78, 5) is 19.1. The van der Waals surface area contributed by atoms with E-state index in [0.29, 0.717) is 0 Å². The molecule has 0 rings (SSSR count). The molecule has 0 radical (unpaired) electrons. The third-order valence-corrected chi connectivity index (χ3v) is 1.17. The van der Waals surface area contributed by atoms with Crippen molar-refractivity contribution in [1.29, 1.82) is 0 Å². The summed E-state index contributed by atoms with van der Waals surface area (Å²) in [6.07, 6.45) is 0. The zero-order chi connectivity index (χ0) is 9.23. The first kappa shape index (κ1) is 9.51. The molecular formula is HN3O7S. The van der Waals surface area contributed by atoms with Crippen LogP contribution < -0.4 is 0 Å². The fraction of sp³-hybridized carbons (Fsp3) is 0. The van der Waals surface area contributed by atoms with Crippen molar-refractivity contribution >= 4 is 10.3 Å². The molecule has 11 heteroatoms. The molecule has 0 saturated carbocycles. The number of hydrogen-bond acceptors (Lipinski definition) is 6. The highest BCUT2D eigenvalue weighted by Crippen LogP contribution is 1.95. The average molecular weight is 187 g/mol. The topological polar surface area (TPSA) is 144 Å². The van der Waals surface area contributed by atoms with Gasteiger partial charge in [0.1, 0.15) is 0 Å². The molecule has 0 aliphatic rings. The van der Waals surface area contributed by atoms with Crippen LogP contribution in [0, 0.1) is 20.2 Å². The third kappa shape index (κ3) is 2.30. The lowest BCUT2D eigenvalue weighted by atomic mass is 12.4. The zero-order valence-electron chi connectivity index (χ0n) is 4.65.